The van der Waals surface area contributed by atoms with Crippen LogP contribution in [0.25, 0.3) is 0 Å². The Kier molecular flexibility index (Phi) is 3.77. The summed E-state index contributed by atoms with van der Waals surface area (Å²) in [5.41, 5.74) is -0.0137. The number of nitrogens with zero attached hydrogens (tertiary/aromatic N) is 2. The van der Waals surface area contributed by atoms with Crippen LogP contribution in [0, 0.1) is 5.82 Å². The Morgan fingerprint density at radius 1 is 1.22 bits per heavy atom. The lowest BCUT2D eigenvalue weighted by atomic mass is 9.92. The third kappa shape index (κ3) is 2.77. The number of halogens is 2. The van der Waals surface area contributed by atoms with E-state index in [0.717, 1.165) is 4.90 Å². The highest BCUT2D eigenvalue weighted by Gasteiger charge is 2.48. The van der Waals surface area contributed by atoms with Crippen molar-refractivity contribution in [3.05, 3.63) is 64.7 Å². The van der Waals surface area contributed by atoms with Gasteiger partial charge in [-0.3, -0.25) is 9.69 Å². The van der Waals surface area contributed by atoms with E-state index in [9.17, 15) is 14.0 Å². The molecule has 0 spiro atoms. The summed E-state index contributed by atoms with van der Waals surface area (Å²) < 4.78 is 13.1. The van der Waals surface area contributed by atoms with E-state index in [1.54, 1.807) is 19.1 Å². The number of imide groups is 1. The number of pyridine rings is 1. The fourth-order valence-corrected chi connectivity index (χ4v) is 2.61. The average Bonchev–Trinajstić information content (AvgIpc) is 2.74. The third-order valence-corrected chi connectivity index (χ3v) is 4.05. The topological polar surface area (TPSA) is 62.3 Å². The van der Waals surface area contributed by atoms with E-state index in [4.69, 9.17) is 11.6 Å². The van der Waals surface area contributed by atoms with Gasteiger partial charge in [-0.05, 0) is 36.2 Å². The quantitative estimate of drug-likeness (QED) is 0.694. The SMILES string of the molecule is CC1(c2ccc(F)cc2)NC(=O)N(Cc2ccc(Cl)nc2)C1=O. The molecule has 3 amide bonds. The molecular weight excluding hydrogens is 321 g/mol. The predicted octanol–water partition coefficient (Wildman–Crippen LogP) is 2.84. The number of benzene rings is 1. The van der Waals surface area contributed by atoms with E-state index in [2.05, 4.69) is 10.3 Å². The summed E-state index contributed by atoms with van der Waals surface area (Å²) in [6.07, 6.45) is 1.51. The Labute approximate surface area is 137 Å². The van der Waals surface area contributed by atoms with Gasteiger partial charge >= 0.3 is 6.03 Å². The zero-order valence-corrected chi connectivity index (χ0v) is 13.0. The molecule has 2 heterocycles. The van der Waals surface area contributed by atoms with Gasteiger partial charge in [-0.2, -0.15) is 0 Å². The standard InChI is InChI=1S/C16H13ClFN3O2/c1-16(11-3-5-12(18)6-4-11)14(22)21(15(23)20-16)9-10-2-7-13(17)19-8-10/h2-8H,9H2,1H3,(H,20,23). The summed E-state index contributed by atoms with van der Waals surface area (Å²) in [6.45, 7) is 1.69. The number of rotatable bonds is 3. The van der Waals surface area contributed by atoms with Gasteiger partial charge in [0.15, 0.2) is 0 Å². The molecule has 23 heavy (non-hydrogen) atoms. The number of aromatic nitrogens is 1. The molecule has 0 saturated carbocycles. The number of carbonyl (C=O) groups excluding carboxylic acids is 2. The number of amides is 3. The van der Waals surface area contributed by atoms with Crippen molar-refractivity contribution in [2.75, 3.05) is 0 Å². The van der Waals surface area contributed by atoms with Crippen molar-refractivity contribution in [2.24, 2.45) is 0 Å². The molecule has 118 valence electrons. The van der Waals surface area contributed by atoms with Crippen LogP contribution in [0.3, 0.4) is 0 Å². The Balaban J connectivity index is 1.87. The lowest BCUT2D eigenvalue weighted by Gasteiger charge is -2.22. The first-order valence-corrected chi connectivity index (χ1v) is 7.28. The van der Waals surface area contributed by atoms with E-state index in [1.807, 2.05) is 0 Å². The van der Waals surface area contributed by atoms with Gasteiger partial charge in [-0.25, -0.2) is 14.2 Å². The van der Waals surface area contributed by atoms with Crippen LogP contribution < -0.4 is 5.32 Å². The summed E-state index contributed by atoms with van der Waals surface area (Å²) in [5.74, 6) is -0.803. The number of hydrogen-bond acceptors (Lipinski definition) is 3. The van der Waals surface area contributed by atoms with Gasteiger partial charge in [0.2, 0.25) is 0 Å². The van der Waals surface area contributed by atoms with Crippen LogP contribution in [0.15, 0.2) is 42.6 Å². The number of carbonyl (C=O) groups is 2. The van der Waals surface area contributed by atoms with Gasteiger partial charge in [0.25, 0.3) is 5.91 Å². The van der Waals surface area contributed by atoms with Gasteiger partial charge in [-0.1, -0.05) is 29.8 Å². The van der Waals surface area contributed by atoms with Gasteiger partial charge in [0.1, 0.15) is 16.5 Å². The molecule has 1 aromatic carbocycles. The predicted molar refractivity (Wildman–Crippen MR) is 82.1 cm³/mol. The molecule has 1 fully saturated rings. The first-order valence-electron chi connectivity index (χ1n) is 6.91. The van der Waals surface area contributed by atoms with E-state index in [0.29, 0.717) is 16.3 Å². The van der Waals surface area contributed by atoms with E-state index in [1.165, 1.54) is 30.5 Å². The molecule has 1 atom stereocenters. The first-order chi connectivity index (χ1) is 10.9. The minimum absolute atomic E-state index is 0.0889. The lowest BCUT2D eigenvalue weighted by Crippen LogP contribution is -2.40. The molecule has 7 heteroatoms. The molecule has 1 aromatic heterocycles. The number of nitrogens with one attached hydrogen (secondary N) is 1. The van der Waals surface area contributed by atoms with Crippen LogP contribution in [0.4, 0.5) is 9.18 Å². The van der Waals surface area contributed by atoms with Gasteiger partial charge in [0, 0.05) is 6.20 Å². The highest BCUT2D eigenvalue weighted by atomic mass is 35.5. The maximum absolute atomic E-state index is 13.1. The van der Waals surface area contributed by atoms with Crippen molar-refractivity contribution in [3.63, 3.8) is 0 Å². The first kappa shape index (κ1) is 15.4. The largest absolute Gasteiger partial charge is 0.325 e. The normalized spacial score (nSPS) is 20.7. The summed E-state index contributed by atoms with van der Waals surface area (Å²) in [7, 11) is 0. The van der Waals surface area contributed by atoms with Gasteiger partial charge in [-0.15, -0.1) is 0 Å². The van der Waals surface area contributed by atoms with Crippen molar-refractivity contribution in [3.8, 4) is 0 Å². The van der Waals surface area contributed by atoms with E-state index >= 15 is 0 Å². The van der Waals surface area contributed by atoms with Crippen molar-refractivity contribution in [2.45, 2.75) is 19.0 Å². The number of hydrogen-bond donors (Lipinski definition) is 1. The third-order valence-electron chi connectivity index (χ3n) is 3.83. The van der Waals surface area contributed by atoms with Crippen LogP contribution >= 0.6 is 11.6 Å². The second kappa shape index (κ2) is 5.62. The molecule has 5 nitrogen and oxygen atoms in total. The fraction of sp³-hybridized carbons (Fsp3) is 0.188. The molecule has 0 bridgehead atoms. The van der Waals surface area contributed by atoms with Gasteiger partial charge < -0.3 is 5.32 Å². The molecule has 3 rings (SSSR count). The Bertz CT molecular complexity index is 764. The maximum atomic E-state index is 13.1. The second-order valence-electron chi connectivity index (χ2n) is 5.44. The minimum atomic E-state index is -1.22. The Morgan fingerprint density at radius 2 is 1.91 bits per heavy atom. The van der Waals surface area contributed by atoms with Crippen molar-refractivity contribution < 1.29 is 14.0 Å². The van der Waals surface area contributed by atoms with E-state index < -0.39 is 23.3 Å². The highest BCUT2D eigenvalue weighted by Crippen LogP contribution is 2.29. The summed E-state index contributed by atoms with van der Waals surface area (Å²) >= 11 is 5.72. The molecule has 1 N–H and O–H groups in total. The zero-order valence-electron chi connectivity index (χ0n) is 12.2. The van der Waals surface area contributed by atoms with E-state index in [-0.39, 0.29) is 6.54 Å². The molecule has 2 aromatic rings. The van der Waals surface area contributed by atoms with Crippen LogP contribution in [0.1, 0.15) is 18.1 Å². The molecule has 1 saturated heterocycles. The highest BCUT2D eigenvalue weighted by molar-refractivity contribution is 6.29. The summed E-state index contributed by atoms with van der Waals surface area (Å²) in [4.78, 5) is 29.9. The molecule has 1 aliphatic heterocycles. The van der Waals surface area contributed by atoms with Crippen molar-refractivity contribution in [1.29, 1.82) is 0 Å². The average molecular weight is 334 g/mol. The summed E-state index contributed by atoms with van der Waals surface area (Å²) in [5, 5.41) is 3.00. The van der Waals surface area contributed by atoms with Gasteiger partial charge in [0.05, 0.1) is 6.54 Å². The Morgan fingerprint density at radius 3 is 2.52 bits per heavy atom. The van der Waals surface area contributed by atoms with Crippen molar-refractivity contribution in [1.82, 2.24) is 15.2 Å². The minimum Gasteiger partial charge on any atom is -0.319 e. The van der Waals surface area contributed by atoms with Crippen LogP contribution in [0.2, 0.25) is 5.15 Å². The molecule has 1 aliphatic rings. The molecular formula is C16H13ClFN3O2. The number of urea groups is 1. The molecule has 0 radical (unpaired) electrons. The molecule has 1 unspecified atom stereocenters. The van der Waals surface area contributed by atoms with Crippen molar-refractivity contribution >= 4 is 23.5 Å². The van der Waals surface area contributed by atoms with Crippen LogP contribution in [-0.4, -0.2) is 21.8 Å². The van der Waals surface area contributed by atoms with Crippen LogP contribution in [0.5, 0.6) is 0 Å². The lowest BCUT2D eigenvalue weighted by molar-refractivity contribution is -0.131. The van der Waals surface area contributed by atoms with Crippen LogP contribution in [-0.2, 0) is 16.9 Å². The zero-order chi connectivity index (χ0) is 16.6. The monoisotopic (exact) mass is 333 g/mol. The smallest absolute Gasteiger partial charge is 0.319 e. The fourth-order valence-electron chi connectivity index (χ4n) is 2.50. The second-order valence-corrected chi connectivity index (χ2v) is 5.83. The Hall–Kier alpha value is -2.47. The summed E-state index contributed by atoms with van der Waals surface area (Å²) in [6, 6.07) is 8.27. The molecule has 0 aliphatic carbocycles. The maximum Gasteiger partial charge on any atom is 0.325 e.